The fraction of sp³-hybridized carbons (Fsp3) is 0.583. The fourth-order valence-corrected chi connectivity index (χ4v) is 2.56. The Kier molecular flexibility index (Phi) is 3.84. The van der Waals surface area contributed by atoms with Crippen molar-refractivity contribution in [2.75, 3.05) is 27.3 Å². The molecule has 7 nitrogen and oxygen atoms in total. The summed E-state index contributed by atoms with van der Waals surface area (Å²) in [6.07, 6.45) is 2.66. The van der Waals surface area contributed by atoms with E-state index in [1.165, 1.54) is 24.3 Å². The number of carbonyl (C=O) groups is 2. The minimum absolute atomic E-state index is 0.163. The average molecular weight is 267 g/mol. The summed E-state index contributed by atoms with van der Waals surface area (Å²) in [5.74, 6) is -0.532. The highest BCUT2D eigenvalue weighted by molar-refractivity contribution is 5.98. The zero-order chi connectivity index (χ0) is 13.9. The number of hydrogen-bond acceptors (Lipinski definition) is 5. The Labute approximate surface area is 110 Å². The highest BCUT2D eigenvalue weighted by atomic mass is 16.5. The Balaban J connectivity index is 2.32. The third kappa shape index (κ3) is 2.21. The van der Waals surface area contributed by atoms with Crippen molar-refractivity contribution >= 4 is 11.8 Å². The van der Waals surface area contributed by atoms with Crippen LogP contribution in [0, 0.1) is 0 Å². The fourth-order valence-electron chi connectivity index (χ4n) is 2.56. The number of rotatable bonds is 4. The van der Waals surface area contributed by atoms with E-state index in [2.05, 4.69) is 15.0 Å². The molecule has 7 heteroatoms. The normalized spacial score (nSPS) is 22.5. The molecule has 0 spiro atoms. The van der Waals surface area contributed by atoms with Gasteiger partial charge in [-0.2, -0.15) is 0 Å². The van der Waals surface area contributed by atoms with Crippen molar-refractivity contribution in [1.82, 2.24) is 15.4 Å². The topological polar surface area (TPSA) is 84.7 Å². The van der Waals surface area contributed by atoms with Crippen LogP contribution in [0.2, 0.25) is 0 Å². The molecule has 1 unspecified atom stereocenters. The van der Waals surface area contributed by atoms with Gasteiger partial charge in [-0.05, 0) is 12.8 Å². The van der Waals surface area contributed by atoms with E-state index in [4.69, 9.17) is 4.74 Å². The summed E-state index contributed by atoms with van der Waals surface area (Å²) in [6, 6.07) is 1.49. The molecule has 104 valence electrons. The number of hydrogen-bond donors (Lipinski definition) is 1. The molecular formula is C12H17N3O4. The zero-order valence-electron chi connectivity index (χ0n) is 11.0. The molecule has 19 heavy (non-hydrogen) atoms. The van der Waals surface area contributed by atoms with Crippen LogP contribution in [0.5, 0.6) is 0 Å². The summed E-state index contributed by atoms with van der Waals surface area (Å²) in [7, 11) is 3.07. The van der Waals surface area contributed by atoms with Gasteiger partial charge in [0, 0.05) is 26.8 Å². The van der Waals surface area contributed by atoms with E-state index < -0.39 is 5.54 Å². The summed E-state index contributed by atoms with van der Waals surface area (Å²) in [6.45, 7) is 0.665. The lowest BCUT2D eigenvalue weighted by molar-refractivity contribution is -0.133. The number of amides is 2. The highest BCUT2D eigenvalue weighted by Gasteiger charge is 2.50. The second-order valence-corrected chi connectivity index (χ2v) is 4.49. The Hall–Kier alpha value is -1.89. The molecule has 1 aromatic rings. The molecule has 0 saturated carbocycles. The summed E-state index contributed by atoms with van der Waals surface area (Å²) in [4.78, 5) is 26.1. The lowest BCUT2D eigenvalue weighted by Gasteiger charge is -2.35. The van der Waals surface area contributed by atoms with Crippen LogP contribution in [0.25, 0.3) is 0 Å². The molecule has 1 N–H and O–H groups in total. The van der Waals surface area contributed by atoms with Gasteiger partial charge in [0.2, 0.25) is 5.91 Å². The summed E-state index contributed by atoms with van der Waals surface area (Å²) in [5, 5.41) is 6.24. The molecule has 1 atom stereocenters. The van der Waals surface area contributed by atoms with E-state index in [-0.39, 0.29) is 24.1 Å². The minimum Gasteiger partial charge on any atom is -0.382 e. The summed E-state index contributed by atoms with van der Waals surface area (Å²) >= 11 is 0. The Morgan fingerprint density at radius 1 is 1.63 bits per heavy atom. The van der Waals surface area contributed by atoms with E-state index in [0.29, 0.717) is 13.0 Å². The van der Waals surface area contributed by atoms with Gasteiger partial charge >= 0.3 is 0 Å². The number of ether oxygens (including phenoxy) is 1. The standard InChI is InChI=1S/C12H17N3O4/c1-13-11(17)12(8-18-2)5-3-6-15(12)10(16)9-4-7-19-14-9/h4,7H,3,5-6,8H2,1-2H3,(H,13,17). The number of nitrogens with zero attached hydrogens (tertiary/aromatic N) is 2. The molecule has 0 aromatic carbocycles. The quantitative estimate of drug-likeness (QED) is 0.832. The largest absolute Gasteiger partial charge is 0.382 e. The highest BCUT2D eigenvalue weighted by Crippen LogP contribution is 2.31. The average Bonchev–Trinajstić information content (AvgIpc) is 3.07. The third-order valence-electron chi connectivity index (χ3n) is 3.42. The molecule has 1 aliphatic rings. The molecule has 1 aliphatic heterocycles. The monoisotopic (exact) mass is 267 g/mol. The molecule has 1 saturated heterocycles. The lowest BCUT2D eigenvalue weighted by atomic mass is 9.95. The van der Waals surface area contributed by atoms with Crippen molar-refractivity contribution in [3.63, 3.8) is 0 Å². The van der Waals surface area contributed by atoms with Crippen LogP contribution < -0.4 is 5.32 Å². The van der Waals surface area contributed by atoms with E-state index in [0.717, 1.165) is 6.42 Å². The Morgan fingerprint density at radius 3 is 3.00 bits per heavy atom. The van der Waals surface area contributed by atoms with Gasteiger partial charge in [0.25, 0.3) is 5.91 Å². The van der Waals surface area contributed by atoms with Crippen LogP contribution in [0.1, 0.15) is 23.3 Å². The zero-order valence-corrected chi connectivity index (χ0v) is 11.0. The summed E-state index contributed by atoms with van der Waals surface area (Å²) in [5.41, 5.74) is -0.759. The number of likely N-dealkylation sites (N-methyl/N-ethyl adjacent to an activating group) is 1. The molecule has 1 aromatic heterocycles. The van der Waals surface area contributed by atoms with Crippen LogP contribution in [-0.2, 0) is 9.53 Å². The smallest absolute Gasteiger partial charge is 0.277 e. The van der Waals surface area contributed by atoms with Crippen molar-refractivity contribution in [3.05, 3.63) is 18.0 Å². The van der Waals surface area contributed by atoms with Crippen LogP contribution in [-0.4, -0.2) is 54.7 Å². The summed E-state index contributed by atoms with van der Waals surface area (Å²) < 4.78 is 9.83. The number of nitrogens with one attached hydrogen (secondary N) is 1. The van der Waals surface area contributed by atoms with Gasteiger partial charge in [0.05, 0.1) is 6.61 Å². The first-order valence-electron chi connectivity index (χ1n) is 6.09. The van der Waals surface area contributed by atoms with Gasteiger partial charge in [-0.1, -0.05) is 5.16 Å². The lowest BCUT2D eigenvalue weighted by Crippen LogP contribution is -2.59. The van der Waals surface area contributed by atoms with Gasteiger partial charge < -0.3 is 19.5 Å². The number of carbonyl (C=O) groups excluding carboxylic acids is 2. The third-order valence-corrected chi connectivity index (χ3v) is 3.42. The van der Waals surface area contributed by atoms with Crippen molar-refractivity contribution in [1.29, 1.82) is 0 Å². The second-order valence-electron chi connectivity index (χ2n) is 4.49. The predicted octanol–water partition coefficient (Wildman–Crippen LogP) is 0.0418. The predicted molar refractivity (Wildman–Crippen MR) is 65.4 cm³/mol. The van der Waals surface area contributed by atoms with Crippen molar-refractivity contribution in [2.45, 2.75) is 18.4 Å². The van der Waals surface area contributed by atoms with Crippen LogP contribution in [0.15, 0.2) is 16.9 Å². The van der Waals surface area contributed by atoms with Gasteiger partial charge in [0.1, 0.15) is 11.8 Å². The van der Waals surface area contributed by atoms with Crippen molar-refractivity contribution < 1.29 is 18.8 Å². The van der Waals surface area contributed by atoms with E-state index >= 15 is 0 Å². The number of likely N-dealkylation sites (tertiary alicyclic amines) is 1. The maximum Gasteiger partial charge on any atom is 0.277 e. The first-order valence-corrected chi connectivity index (χ1v) is 6.09. The molecule has 0 aliphatic carbocycles. The van der Waals surface area contributed by atoms with Gasteiger partial charge in [-0.15, -0.1) is 0 Å². The van der Waals surface area contributed by atoms with E-state index in [1.807, 2.05) is 0 Å². The van der Waals surface area contributed by atoms with Crippen molar-refractivity contribution in [2.24, 2.45) is 0 Å². The number of methoxy groups -OCH3 is 1. The van der Waals surface area contributed by atoms with Gasteiger partial charge in [-0.3, -0.25) is 9.59 Å². The molecule has 2 amide bonds. The number of aromatic nitrogens is 1. The van der Waals surface area contributed by atoms with Crippen LogP contribution in [0.3, 0.4) is 0 Å². The van der Waals surface area contributed by atoms with Gasteiger partial charge in [-0.25, -0.2) is 0 Å². The van der Waals surface area contributed by atoms with Crippen molar-refractivity contribution in [3.8, 4) is 0 Å². The Morgan fingerprint density at radius 2 is 2.42 bits per heavy atom. The van der Waals surface area contributed by atoms with E-state index in [9.17, 15) is 9.59 Å². The SMILES string of the molecule is CNC(=O)C1(COC)CCCN1C(=O)c1ccon1. The maximum atomic E-state index is 12.4. The molecule has 0 radical (unpaired) electrons. The molecule has 0 bridgehead atoms. The second kappa shape index (κ2) is 5.40. The van der Waals surface area contributed by atoms with E-state index in [1.54, 1.807) is 7.05 Å². The molecule has 1 fully saturated rings. The van der Waals surface area contributed by atoms with Crippen LogP contribution >= 0.6 is 0 Å². The van der Waals surface area contributed by atoms with Crippen LogP contribution in [0.4, 0.5) is 0 Å². The first kappa shape index (κ1) is 13.5. The Bertz CT molecular complexity index is 460. The van der Waals surface area contributed by atoms with Gasteiger partial charge in [0.15, 0.2) is 5.69 Å². The molecule has 2 heterocycles. The maximum absolute atomic E-state index is 12.4. The molecular weight excluding hydrogens is 250 g/mol. The molecule has 2 rings (SSSR count). The minimum atomic E-state index is -0.959. The first-order chi connectivity index (χ1) is 9.15.